The minimum atomic E-state index is -1.56. The number of hydrogen-bond donors (Lipinski definition) is 0. The van der Waals surface area contributed by atoms with Gasteiger partial charge in [-0.1, -0.05) is 109 Å². The summed E-state index contributed by atoms with van der Waals surface area (Å²) in [5.41, 5.74) is 4.64. The Bertz CT molecular complexity index is 599. The molecule has 0 fully saturated rings. The molecule has 0 aromatic rings. The van der Waals surface area contributed by atoms with Crippen molar-refractivity contribution < 1.29 is 9.53 Å². The molecular weight excluding hydrogens is 513 g/mol. The van der Waals surface area contributed by atoms with Crippen LogP contribution in [0.25, 0.3) is 0 Å². The molecule has 0 aliphatic heterocycles. The van der Waals surface area contributed by atoms with Crippen LogP contribution < -0.4 is 0 Å². The number of carbonyl (C=O) groups excluding carboxylic acids is 1. The van der Waals surface area contributed by atoms with Gasteiger partial charge in [-0.2, -0.15) is 22.4 Å². The minimum absolute atomic E-state index is 0.0729. The summed E-state index contributed by atoms with van der Waals surface area (Å²) in [5.74, 6) is -0.0729. The van der Waals surface area contributed by atoms with Gasteiger partial charge in [-0.3, -0.25) is 4.79 Å². The molecule has 0 saturated heterocycles. The van der Waals surface area contributed by atoms with Crippen molar-refractivity contribution in [2.75, 3.05) is 7.11 Å². The number of carbonyl (C=O) groups is 1. The lowest BCUT2D eigenvalue weighted by Crippen LogP contribution is -2.41. The second kappa shape index (κ2) is 17.8. The van der Waals surface area contributed by atoms with Crippen molar-refractivity contribution >= 4 is 42.8 Å². The van der Waals surface area contributed by atoms with Crippen LogP contribution in [-0.2, 0) is 9.53 Å². The Hall–Kier alpha value is 0.344. The van der Waals surface area contributed by atoms with E-state index in [1.165, 1.54) is 39.2 Å². The minimum Gasteiger partial charge on any atom is -0.469 e. The number of ether oxygens (including phenoxy) is 1. The van der Waals surface area contributed by atoms with Crippen LogP contribution in [0.4, 0.5) is 0 Å². The Morgan fingerprint density at radius 2 is 0.972 bits per heavy atom. The maximum atomic E-state index is 11.3. The first kappa shape index (κ1) is 36.3. The fraction of sp³-hybridized carbons (Fsp3) is 0.900. The second-order valence-electron chi connectivity index (χ2n) is 12.6. The molecule has 0 atom stereocenters. The standard InChI is InChI=1S/C30H62O2S2Si2/c1-23(2)35(24(3)4,25(5)6)33-22-29(34-36(26(7)8,27(9)10)28(11)12)20-18-16-14-15-17-19-21-30(31)32-13/h22-28H,14-21H2,1-13H3/b29-22-. The van der Waals surface area contributed by atoms with Gasteiger partial charge in [0, 0.05) is 6.42 Å². The van der Waals surface area contributed by atoms with Crippen molar-refractivity contribution in [1.82, 2.24) is 0 Å². The molecule has 214 valence electrons. The van der Waals surface area contributed by atoms with Gasteiger partial charge < -0.3 is 4.74 Å². The van der Waals surface area contributed by atoms with E-state index in [4.69, 9.17) is 4.74 Å². The predicted octanol–water partition coefficient (Wildman–Crippen LogP) is 11.9. The molecule has 0 aliphatic carbocycles. The molecule has 0 heterocycles. The average Bonchev–Trinajstić information content (AvgIpc) is 2.76. The second-order valence-corrected chi connectivity index (χ2v) is 29.7. The Morgan fingerprint density at radius 1 is 0.611 bits per heavy atom. The van der Waals surface area contributed by atoms with Crippen LogP contribution in [-0.4, -0.2) is 27.5 Å². The van der Waals surface area contributed by atoms with Crippen LogP contribution in [0.1, 0.15) is 134 Å². The van der Waals surface area contributed by atoms with E-state index in [0.717, 1.165) is 46.1 Å². The van der Waals surface area contributed by atoms with Gasteiger partial charge in [-0.15, -0.1) is 0 Å². The van der Waals surface area contributed by atoms with E-state index in [1.54, 1.807) is 4.91 Å². The van der Waals surface area contributed by atoms with E-state index in [0.29, 0.717) is 6.42 Å². The Labute approximate surface area is 236 Å². The van der Waals surface area contributed by atoms with Gasteiger partial charge in [0.2, 0.25) is 0 Å². The summed E-state index contributed by atoms with van der Waals surface area (Å²) in [4.78, 5) is 13.0. The first-order valence-electron chi connectivity index (χ1n) is 14.8. The summed E-state index contributed by atoms with van der Waals surface area (Å²) in [6.45, 7) is 29.9. The van der Waals surface area contributed by atoms with Crippen LogP contribution in [0.5, 0.6) is 0 Å². The predicted molar refractivity (Wildman–Crippen MR) is 174 cm³/mol. The fourth-order valence-electron chi connectivity index (χ4n) is 6.67. The smallest absolute Gasteiger partial charge is 0.305 e. The van der Waals surface area contributed by atoms with Gasteiger partial charge in [-0.05, 0) is 62.8 Å². The lowest BCUT2D eigenvalue weighted by molar-refractivity contribution is -0.140. The van der Waals surface area contributed by atoms with Gasteiger partial charge in [0.1, 0.15) is 14.4 Å². The zero-order chi connectivity index (χ0) is 28.1. The average molecular weight is 575 g/mol. The third kappa shape index (κ3) is 10.5. The van der Waals surface area contributed by atoms with Gasteiger partial charge >= 0.3 is 5.97 Å². The largest absolute Gasteiger partial charge is 0.469 e. The number of hydrogen-bond acceptors (Lipinski definition) is 4. The SMILES string of the molecule is COC(=O)CCCCCCCC/C(=C/S[Si](C(C)C)(C(C)C)C(C)C)S[Si](C(C)C)(C(C)C)C(C)C. The van der Waals surface area contributed by atoms with Crippen molar-refractivity contribution in [1.29, 1.82) is 0 Å². The maximum absolute atomic E-state index is 11.3. The summed E-state index contributed by atoms with van der Waals surface area (Å²) in [7, 11) is -1.61. The molecule has 0 aliphatic rings. The highest BCUT2D eigenvalue weighted by Gasteiger charge is 2.46. The zero-order valence-corrected chi connectivity index (χ0v) is 30.0. The molecule has 0 spiro atoms. The Balaban J connectivity index is 5.63. The lowest BCUT2D eigenvalue weighted by atomic mass is 10.1. The molecule has 0 aromatic carbocycles. The molecular formula is C30H62O2S2Si2. The molecule has 0 radical (unpaired) electrons. The van der Waals surface area contributed by atoms with E-state index >= 15 is 0 Å². The quantitative estimate of drug-likeness (QED) is 0.0870. The summed E-state index contributed by atoms with van der Waals surface area (Å²) >= 11 is 4.66. The van der Waals surface area contributed by atoms with Crippen LogP contribution in [0.15, 0.2) is 10.3 Å². The summed E-state index contributed by atoms with van der Waals surface area (Å²) in [5, 5.41) is 2.68. The van der Waals surface area contributed by atoms with Gasteiger partial charge in [-0.25, -0.2) is 0 Å². The zero-order valence-electron chi connectivity index (χ0n) is 26.3. The molecule has 0 N–H and O–H groups in total. The van der Waals surface area contributed by atoms with E-state index in [1.807, 2.05) is 0 Å². The highest BCUT2D eigenvalue weighted by Crippen LogP contribution is 2.55. The number of allylic oxidation sites excluding steroid dienone is 1. The van der Waals surface area contributed by atoms with Crippen LogP contribution in [0.3, 0.4) is 0 Å². The monoisotopic (exact) mass is 574 g/mol. The van der Waals surface area contributed by atoms with Crippen molar-refractivity contribution in [2.45, 2.75) is 168 Å². The molecule has 36 heavy (non-hydrogen) atoms. The third-order valence-electron chi connectivity index (χ3n) is 8.40. The maximum Gasteiger partial charge on any atom is 0.305 e. The normalized spacial score (nSPS) is 13.8. The molecule has 0 unspecified atom stereocenters. The van der Waals surface area contributed by atoms with Crippen molar-refractivity contribution in [3.05, 3.63) is 10.3 Å². The molecule has 6 heteroatoms. The number of methoxy groups -OCH3 is 1. The van der Waals surface area contributed by atoms with E-state index in [-0.39, 0.29) is 5.97 Å². The number of rotatable bonds is 19. The molecule has 0 bridgehead atoms. The third-order valence-corrected chi connectivity index (χ3v) is 33.0. The topological polar surface area (TPSA) is 26.3 Å². The van der Waals surface area contributed by atoms with Gasteiger partial charge in [0.05, 0.1) is 7.11 Å². The van der Waals surface area contributed by atoms with Crippen LogP contribution >= 0.6 is 22.4 Å². The Morgan fingerprint density at radius 3 is 1.33 bits per heavy atom. The first-order chi connectivity index (χ1) is 16.7. The molecule has 0 amide bonds. The van der Waals surface area contributed by atoms with Crippen molar-refractivity contribution in [2.24, 2.45) is 0 Å². The molecule has 0 saturated carbocycles. The molecule has 2 nitrogen and oxygen atoms in total. The highest BCUT2D eigenvalue weighted by molar-refractivity contribution is 8.34. The molecule has 0 aromatic heterocycles. The van der Waals surface area contributed by atoms with Gasteiger partial charge in [0.15, 0.2) is 0 Å². The fourth-order valence-corrected chi connectivity index (χ4v) is 25.7. The number of unbranched alkanes of at least 4 members (excludes halogenated alkanes) is 5. The summed E-state index contributed by atoms with van der Waals surface area (Å²) < 4.78 is 4.76. The summed E-state index contributed by atoms with van der Waals surface area (Å²) in [6, 6.07) is 0. The summed E-state index contributed by atoms with van der Waals surface area (Å²) in [6.07, 6.45) is 8.98. The first-order valence-corrected chi connectivity index (χ1v) is 22.4. The number of esters is 1. The molecule has 0 rings (SSSR count). The van der Waals surface area contributed by atoms with Gasteiger partial charge in [0.25, 0.3) is 0 Å². The van der Waals surface area contributed by atoms with Crippen LogP contribution in [0, 0.1) is 0 Å². The van der Waals surface area contributed by atoms with Crippen molar-refractivity contribution in [3.8, 4) is 0 Å². The van der Waals surface area contributed by atoms with E-state index in [9.17, 15) is 4.79 Å². The van der Waals surface area contributed by atoms with E-state index in [2.05, 4.69) is 111 Å². The Kier molecular flexibility index (Phi) is 18.0. The van der Waals surface area contributed by atoms with E-state index < -0.39 is 14.4 Å². The van der Waals surface area contributed by atoms with Crippen LogP contribution in [0.2, 0.25) is 33.2 Å². The highest BCUT2D eigenvalue weighted by atomic mass is 32.4. The lowest BCUT2D eigenvalue weighted by Gasteiger charge is -2.44. The van der Waals surface area contributed by atoms with Crippen molar-refractivity contribution in [3.63, 3.8) is 0 Å².